The molecule has 1 aliphatic heterocycles. The van der Waals surface area contributed by atoms with Crippen LogP contribution in [0, 0.1) is 5.92 Å². The van der Waals surface area contributed by atoms with E-state index in [9.17, 15) is 4.79 Å². The summed E-state index contributed by atoms with van der Waals surface area (Å²) in [4.78, 5) is 13.9. The van der Waals surface area contributed by atoms with Crippen LogP contribution in [0.1, 0.15) is 5.56 Å². The lowest BCUT2D eigenvalue weighted by Crippen LogP contribution is -2.52. The maximum atomic E-state index is 12.1. The van der Waals surface area contributed by atoms with Gasteiger partial charge in [-0.1, -0.05) is 28.1 Å². The van der Waals surface area contributed by atoms with Crippen molar-refractivity contribution in [2.75, 3.05) is 18.4 Å². The Bertz CT molecular complexity index is 649. The van der Waals surface area contributed by atoms with Crippen molar-refractivity contribution >= 4 is 27.8 Å². The Kier molecular flexibility index (Phi) is 3.96. The Morgan fingerprint density at radius 2 is 2.24 bits per heavy atom. The summed E-state index contributed by atoms with van der Waals surface area (Å²) >= 11 is 3.48. The summed E-state index contributed by atoms with van der Waals surface area (Å²) in [6, 6.07) is 10.1. The van der Waals surface area contributed by atoms with Gasteiger partial charge in [0, 0.05) is 30.7 Å². The zero-order valence-corrected chi connectivity index (χ0v) is 13.4. The number of hydrogen-bond donors (Lipinski definition) is 1. The Morgan fingerprint density at radius 1 is 1.43 bits per heavy atom. The third kappa shape index (κ3) is 3.26. The van der Waals surface area contributed by atoms with Crippen molar-refractivity contribution in [3.05, 3.63) is 46.6 Å². The van der Waals surface area contributed by atoms with Crippen LogP contribution >= 0.6 is 15.9 Å². The Labute approximate surface area is 132 Å². The highest BCUT2D eigenvalue weighted by Crippen LogP contribution is 2.23. The van der Waals surface area contributed by atoms with Crippen LogP contribution in [0.25, 0.3) is 0 Å². The number of likely N-dealkylation sites (tertiary alicyclic amines) is 1. The highest BCUT2D eigenvalue weighted by molar-refractivity contribution is 9.10. The number of aromatic nitrogens is 2. The molecule has 0 radical (unpaired) electrons. The van der Waals surface area contributed by atoms with Gasteiger partial charge in [-0.3, -0.25) is 10.00 Å². The number of benzene rings is 1. The number of carbonyl (C=O) groups excluding carboxylic acids is 1. The lowest BCUT2D eigenvalue weighted by atomic mass is 9.92. The third-order valence-corrected chi connectivity index (χ3v) is 4.21. The minimum Gasteiger partial charge on any atom is -0.324 e. The van der Waals surface area contributed by atoms with Gasteiger partial charge in [0.2, 0.25) is 0 Å². The number of hydrogen-bond acceptors (Lipinski definition) is 2. The van der Waals surface area contributed by atoms with Crippen LogP contribution in [0.15, 0.2) is 41.0 Å². The number of nitrogens with one attached hydrogen (secondary N) is 1. The molecular formula is C15H17BrN4O. The quantitative estimate of drug-likeness (QED) is 0.926. The van der Waals surface area contributed by atoms with Crippen LogP contribution in [0.4, 0.5) is 10.6 Å². The fourth-order valence-corrected chi connectivity index (χ4v) is 2.99. The summed E-state index contributed by atoms with van der Waals surface area (Å²) in [5, 5.41) is 6.90. The number of nitrogens with zero attached hydrogens (tertiary/aromatic N) is 3. The molecule has 3 rings (SSSR count). The van der Waals surface area contributed by atoms with E-state index in [0.29, 0.717) is 5.92 Å². The predicted molar refractivity (Wildman–Crippen MR) is 85.1 cm³/mol. The van der Waals surface area contributed by atoms with Crippen molar-refractivity contribution in [1.82, 2.24) is 14.7 Å². The maximum Gasteiger partial charge on any atom is 0.323 e. The molecule has 2 amide bonds. The summed E-state index contributed by atoms with van der Waals surface area (Å²) in [5.41, 5.74) is 1.31. The van der Waals surface area contributed by atoms with Crippen molar-refractivity contribution in [2.45, 2.75) is 6.42 Å². The molecule has 1 N–H and O–H groups in total. The largest absolute Gasteiger partial charge is 0.324 e. The first kappa shape index (κ1) is 14.1. The molecule has 2 aromatic rings. The van der Waals surface area contributed by atoms with Gasteiger partial charge in [-0.25, -0.2) is 4.79 Å². The van der Waals surface area contributed by atoms with E-state index in [4.69, 9.17) is 0 Å². The summed E-state index contributed by atoms with van der Waals surface area (Å²) in [6.07, 6.45) is 2.68. The standard InChI is InChI=1S/C15H17BrN4O/c1-19-14(5-6-17-19)18-15(21)20-9-12(10-20)7-11-3-2-4-13(16)8-11/h2-6,8,12H,7,9-10H2,1H3,(H,18,21). The van der Waals surface area contributed by atoms with Crippen LogP contribution < -0.4 is 5.32 Å². The molecule has 0 spiro atoms. The van der Waals surface area contributed by atoms with Gasteiger partial charge in [-0.2, -0.15) is 5.10 Å². The van der Waals surface area contributed by atoms with E-state index in [-0.39, 0.29) is 6.03 Å². The molecule has 110 valence electrons. The summed E-state index contributed by atoms with van der Waals surface area (Å²) in [7, 11) is 1.81. The molecule has 1 aromatic heterocycles. The third-order valence-electron chi connectivity index (χ3n) is 3.71. The predicted octanol–water partition coefficient (Wildman–Crippen LogP) is 2.89. The summed E-state index contributed by atoms with van der Waals surface area (Å²) < 4.78 is 2.75. The van der Waals surface area contributed by atoms with Crippen molar-refractivity contribution in [1.29, 1.82) is 0 Å². The highest BCUT2D eigenvalue weighted by Gasteiger charge is 2.30. The second-order valence-electron chi connectivity index (χ2n) is 5.38. The molecule has 1 aliphatic rings. The van der Waals surface area contributed by atoms with Crippen LogP contribution in [0.2, 0.25) is 0 Å². The second kappa shape index (κ2) is 5.89. The average Bonchev–Trinajstić information content (AvgIpc) is 2.79. The number of amides is 2. The monoisotopic (exact) mass is 348 g/mol. The maximum absolute atomic E-state index is 12.1. The van der Waals surface area contributed by atoms with Crippen molar-refractivity contribution in [3.8, 4) is 0 Å². The van der Waals surface area contributed by atoms with Gasteiger partial charge in [0.05, 0.1) is 6.20 Å². The van der Waals surface area contributed by atoms with Gasteiger partial charge in [0.1, 0.15) is 5.82 Å². The number of aryl methyl sites for hydroxylation is 1. The molecule has 21 heavy (non-hydrogen) atoms. The van der Waals surface area contributed by atoms with E-state index >= 15 is 0 Å². The number of anilines is 1. The number of carbonyl (C=O) groups is 1. The first-order valence-electron chi connectivity index (χ1n) is 6.90. The fourth-order valence-electron chi connectivity index (χ4n) is 2.55. The molecule has 0 unspecified atom stereocenters. The van der Waals surface area contributed by atoms with E-state index in [1.54, 1.807) is 16.9 Å². The van der Waals surface area contributed by atoms with Crippen molar-refractivity contribution in [2.24, 2.45) is 13.0 Å². The first-order valence-corrected chi connectivity index (χ1v) is 7.69. The van der Waals surface area contributed by atoms with E-state index < -0.39 is 0 Å². The molecule has 0 aliphatic carbocycles. The molecule has 1 fully saturated rings. The molecule has 0 bridgehead atoms. The molecule has 0 atom stereocenters. The topological polar surface area (TPSA) is 50.2 Å². The smallest absolute Gasteiger partial charge is 0.323 e. The summed E-state index contributed by atoms with van der Waals surface area (Å²) in [5.74, 6) is 1.26. The van der Waals surface area contributed by atoms with E-state index in [1.807, 2.05) is 24.1 Å². The number of urea groups is 1. The second-order valence-corrected chi connectivity index (χ2v) is 6.29. The van der Waals surface area contributed by atoms with Crippen LogP contribution in [0.3, 0.4) is 0 Å². The van der Waals surface area contributed by atoms with Gasteiger partial charge >= 0.3 is 6.03 Å². The fraction of sp³-hybridized carbons (Fsp3) is 0.333. The van der Waals surface area contributed by atoms with Crippen molar-refractivity contribution < 1.29 is 4.79 Å². The van der Waals surface area contributed by atoms with E-state index in [2.05, 4.69) is 38.5 Å². The minimum absolute atomic E-state index is 0.0518. The van der Waals surface area contributed by atoms with E-state index in [1.165, 1.54) is 5.56 Å². The lowest BCUT2D eigenvalue weighted by Gasteiger charge is -2.39. The van der Waals surface area contributed by atoms with Gasteiger partial charge in [-0.15, -0.1) is 0 Å². The van der Waals surface area contributed by atoms with Gasteiger partial charge < -0.3 is 4.90 Å². The zero-order valence-electron chi connectivity index (χ0n) is 11.8. The Hall–Kier alpha value is -1.82. The van der Waals surface area contributed by atoms with Crippen LogP contribution in [-0.4, -0.2) is 33.8 Å². The minimum atomic E-state index is -0.0518. The summed E-state index contributed by atoms with van der Waals surface area (Å²) in [6.45, 7) is 1.60. The Morgan fingerprint density at radius 3 is 2.90 bits per heavy atom. The van der Waals surface area contributed by atoms with Gasteiger partial charge in [-0.05, 0) is 30.0 Å². The van der Waals surface area contributed by atoms with Gasteiger partial charge in [0.25, 0.3) is 0 Å². The molecule has 0 saturated carbocycles. The normalized spacial score (nSPS) is 14.9. The first-order chi connectivity index (χ1) is 10.1. The highest BCUT2D eigenvalue weighted by atomic mass is 79.9. The number of halogens is 1. The molecule has 1 aromatic carbocycles. The molecule has 5 nitrogen and oxygen atoms in total. The molecule has 2 heterocycles. The van der Waals surface area contributed by atoms with Crippen LogP contribution in [-0.2, 0) is 13.5 Å². The van der Waals surface area contributed by atoms with Crippen molar-refractivity contribution in [3.63, 3.8) is 0 Å². The van der Waals surface area contributed by atoms with Crippen LogP contribution in [0.5, 0.6) is 0 Å². The molecule has 1 saturated heterocycles. The molecular weight excluding hydrogens is 332 g/mol. The number of rotatable bonds is 3. The van der Waals surface area contributed by atoms with Gasteiger partial charge in [0.15, 0.2) is 0 Å². The molecule has 6 heteroatoms. The Balaban J connectivity index is 1.49. The lowest BCUT2D eigenvalue weighted by molar-refractivity contribution is 0.131. The zero-order chi connectivity index (χ0) is 14.8. The van der Waals surface area contributed by atoms with E-state index in [0.717, 1.165) is 29.8 Å². The average molecular weight is 349 g/mol. The SMILES string of the molecule is Cn1nccc1NC(=O)N1CC(Cc2cccc(Br)c2)C1.